The lowest BCUT2D eigenvalue weighted by atomic mass is 10.1. The van der Waals surface area contributed by atoms with Crippen LogP contribution in [-0.4, -0.2) is 24.5 Å². The van der Waals surface area contributed by atoms with Gasteiger partial charge in [-0.1, -0.05) is 18.2 Å². The van der Waals surface area contributed by atoms with Crippen molar-refractivity contribution < 1.29 is 9.53 Å². The number of amides is 1. The van der Waals surface area contributed by atoms with Gasteiger partial charge in [0.05, 0.1) is 7.11 Å². The summed E-state index contributed by atoms with van der Waals surface area (Å²) in [7, 11) is 1.65. The molecule has 0 aliphatic rings. The Hall–Kier alpha value is -1.88. The first-order chi connectivity index (χ1) is 9.20. The quantitative estimate of drug-likeness (QED) is 0.912. The number of benzene rings is 1. The summed E-state index contributed by atoms with van der Waals surface area (Å²) in [5.74, 6) is 0.731. The Balaban J connectivity index is 1.88. The molecule has 1 heterocycles. The van der Waals surface area contributed by atoms with Crippen LogP contribution in [0.1, 0.15) is 21.1 Å². The maximum atomic E-state index is 11.8. The van der Waals surface area contributed by atoms with Crippen LogP contribution in [0.3, 0.4) is 0 Å². The third-order valence-corrected chi connectivity index (χ3v) is 3.64. The van der Waals surface area contributed by atoms with Crippen LogP contribution in [0, 0.1) is 6.92 Å². The summed E-state index contributed by atoms with van der Waals surface area (Å²) in [4.78, 5) is 16.0. The van der Waals surface area contributed by atoms with Gasteiger partial charge in [-0.3, -0.25) is 4.79 Å². The molecule has 0 aliphatic heterocycles. The standard InChI is InChI=1S/C14H16N2O2S/c1-10-9-19-14(16-10)13(17)15-8-7-11-5-3-4-6-12(11)18-2/h3-6,9H,7-8H2,1-2H3,(H,15,17). The zero-order valence-corrected chi connectivity index (χ0v) is 11.8. The van der Waals surface area contributed by atoms with Gasteiger partial charge in [0, 0.05) is 17.6 Å². The third kappa shape index (κ3) is 3.54. The number of para-hydroxylation sites is 1. The summed E-state index contributed by atoms with van der Waals surface area (Å²) in [6, 6.07) is 7.81. The van der Waals surface area contributed by atoms with E-state index in [0.29, 0.717) is 11.6 Å². The normalized spacial score (nSPS) is 10.2. The first kappa shape index (κ1) is 13.5. The van der Waals surface area contributed by atoms with Crippen molar-refractivity contribution in [1.29, 1.82) is 0 Å². The lowest BCUT2D eigenvalue weighted by molar-refractivity contribution is 0.0953. The molecule has 1 aromatic heterocycles. The van der Waals surface area contributed by atoms with Crippen LogP contribution in [0.5, 0.6) is 5.75 Å². The molecule has 0 saturated heterocycles. The predicted molar refractivity (Wildman–Crippen MR) is 75.9 cm³/mol. The second kappa shape index (κ2) is 6.33. The van der Waals surface area contributed by atoms with Gasteiger partial charge in [-0.15, -0.1) is 11.3 Å². The van der Waals surface area contributed by atoms with Crippen molar-refractivity contribution in [1.82, 2.24) is 10.3 Å². The van der Waals surface area contributed by atoms with Crippen molar-refractivity contribution in [3.63, 3.8) is 0 Å². The van der Waals surface area contributed by atoms with E-state index in [9.17, 15) is 4.79 Å². The van der Waals surface area contributed by atoms with Gasteiger partial charge in [0.15, 0.2) is 5.01 Å². The van der Waals surface area contributed by atoms with Crippen molar-refractivity contribution >= 4 is 17.2 Å². The minimum atomic E-state index is -0.118. The number of methoxy groups -OCH3 is 1. The Bertz CT molecular complexity index is 566. The van der Waals surface area contributed by atoms with E-state index in [4.69, 9.17) is 4.74 Å². The first-order valence-corrected chi connectivity index (χ1v) is 6.91. The molecule has 1 N–H and O–H groups in total. The summed E-state index contributed by atoms with van der Waals surface area (Å²) in [6.45, 7) is 2.44. The average molecular weight is 276 g/mol. The smallest absolute Gasteiger partial charge is 0.280 e. The number of nitrogens with one attached hydrogen (secondary N) is 1. The minimum Gasteiger partial charge on any atom is -0.496 e. The lowest BCUT2D eigenvalue weighted by Crippen LogP contribution is -2.25. The number of aromatic nitrogens is 1. The highest BCUT2D eigenvalue weighted by atomic mass is 32.1. The highest BCUT2D eigenvalue weighted by Crippen LogP contribution is 2.17. The molecular weight excluding hydrogens is 260 g/mol. The van der Waals surface area contributed by atoms with Crippen molar-refractivity contribution in [2.75, 3.05) is 13.7 Å². The van der Waals surface area contributed by atoms with Gasteiger partial charge in [-0.25, -0.2) is 4.98 Å². The Morgan fingerprint density at radius 1 is 1.42 bits per heavy atom. The summed E-state index contributed by atoms with van der Waals surface area (Å²) in [5.41, 5.74) is 1.96. The molecular formula is C14H16N2O2S. The number of rotatable bonds is 5. The molecule has 4 nitrogen and oxygen atoms in total. The summed E-state index contributed by atoms with van der Waals surface area (Å²) < 4.78 is 5.27. The van der Waals surface area contributed by atoms with Crippen LogP contribution in [0.15, 0.2) is 29.6 Å². The zero-order chi connectivity index (χ0) is 13.7. The van der Waals surface area contributed by atoms with E-state index in [1.807, 2.05) is 36.6 Å². The van der Waals surface area contributed by atoms with Gasteiger partial charge in [0.25, 0.3) is 5.91 Å². The summed E-state index contributed by atoms with van der Waals surface area (Å²) >= 11 is 1.36. The van der Waals surface area contributed by atoms with E-state index in [1.54, 1.807) is 7.11 Å². The molecule has 0 fully saturated rings. The Morgan fingerprint density at radius 3 is 2.89 bits per heavy atom. The second-order valence-corrected chi connectivity index (χ2v) is 4.97. The second-order valence-electron chi connectivity index (χ2n) is 4.11. The maximum Gasteiger partial charge on any atom is 0.280 e. The number of aryl methyl sites for hydroxylation is 1. The number of ether oxygens (including phenoxy) is 1. The van der Waals surface area contributed by atoms with E-state index in [0.717, 1.165) is 23.4 Å². The highest BCUT2D eigenvalue weighted by Gasteiger charge is 2.09. The fourth-order valence-electron chi connectivity index (χ4n) is 1.75. The fourth-order valence-corrected chi connectivity index (χ4v) is 2.46. The Labute approximate surface area is 116 Å². The van der Waals surface area contributed by atoms with Crippen LogP contribution in [-0.2, 0) is 6.42 Å². The van der Waals surface area contributed by atoms with E-state index in [-0.39, 0.29) is 5.91 Å². The van der Waals surface area contributed by atoms with Crippen molar-refractivity contribution in [2.45, 2.75) is 13.3 Å². The van der Waals surface area contributed by atoms with Gasteiger partial charge < -0.3 is 10.1 Å². The van der Waals surface area contributed by atoms with Crippen LogP contribution in [0.2, 0.25) is 0 Å². The Morgan fingerprint density at radius 2 is 2.21 bits per heavy atom. The van der Waals surface area contributed by atoms with Gasteiger partial charge >= 0.3 is 0 Å². The molecule has 0 spiro atoms. The molecule has 100 valence electrons. The number of nitrogens with zero attached hydrogens (tertiary/aromatic N) is 1. The van der Waals surface area contributed by atoms with E-state index < -0.39 is 0 Å². The van der Waals surface area contributed by atoms with Crippen molar-refractivity contribution in [3.8, 4) is 5.75 Å². The fraction of sp³-hybridized carbons (Fsp3) is 0.286. The lowest BCUT2D eigenvalue weighted by Gasteiger charge is -2.08. The zero-order valence-electron chi connectivity index (χ0n) is 11.0. The largest absolute Gasteiger partial charge is 0.496 e. The monoisotopic (exact) mass is 276 g/mol. The average Bonchev–Trinajstić information content (AvgIpc) is 2.86. The molecule has 0 unspecified atom stereocenters. The van der Waals surface area contributed by atoms with Gasteiger partial charge in [-0.2, -0.15) is 0 Å². The number of carbonyl (C=O) groups excluding carboxylic acids is 1. The molecule has 2 aromatic rings. The highest BCUT2D eigenvalue weighted by molar-refractivity contribution is 7.11. The number of hydrogen-bond acceptors (Lipinski definition) is 4. The number of thiazole rings is 1. The van der Waals surface area contributed by atoms with Crippen molar-refractivity contribution in [3.05, 3.63) is 45.9 Å². The maximum absolute atomic E-state index is 11.8. The number of carbonyl (C=O) groups is 1. The van der Waals surface area contributed by atoms with Crippen LogP contribution < -0.4 is 10.1 Å². The van der Waals surface area contributed by atoms with Crippen LogP contribution >= 0.6 is 11.3 Å². The third-order valence-electron chi connectivity index (χ3n) is 2.69. The Kier molecular flexibility index (Phi) is 4.52. The van der Waals surface area contributed by atoms with Gasteiger partial charge in [-0.05, 0) is 25.0 Å². The SMILES string of the molecule is COc1ccccc1CCNC(=O)c1nc(C)cs1. The molecule has 0 saturated carbocycles. The van der Waals surface area contributed by atoms with Crippen LogP contribution in [0.4, 0.5) is 0 Å². The van der Waals surface area contributed by atoms with E-state index in [2.05, 4.69) is 10.3 Å². The minimum absolute atomic E-state index is 0.118. The van der Waals surface area contributed by atoms with Gasteiger partial charge in [0.2, 0.25) is 0 Å². The molecule has 0 aliphatic carbocycles. The summed E-state index contributed by atoms with van der Waals surface area (Å²) in [6.07, 6.45) is 0.736. The van der Waals surface area contributed by atoms with Gasteiger partial charge in [0.1, 0.15) is 5.75 Å². The molecule has 1 amide bonds. The van der Waals surface area contributed by atoms with Crippen LogP contribution in [0.25, 0.3) is 0 Å². The van der Waals surface area contributed by atoms with Crippen molar-refractivity contribution in [2.24, 2.45) is 0 Å². The molecule has 0 atom stereocenters. The molecule has 1 aromatic carbocycles. The molecule has 2 rings (SSSR count). The molecule has 19 heavy (non-hydrogen) atoms. The molecule has 0 bridgehead atoms. The number of hydrogen-bond donors (Lipinski definition) is 1. The summed E-state index contributed by atoms with van der Waals surface area (Å²) in [5, 5.41) is 5.25. The first-order valence-electron chi connectivity index (χ1n) is 6.03. The van der Waals surface area contributed by atoms with E-state index >= 15 is 0 Å². The predicted octanol–water partition coefficient (Wildman–Crippen LogP) is 2.43. The van der Waals surface area contributed by atoms with E-state index in [1.165, 1.54) is 11.3 Å². The topological polar surface area (TPSA) is 51.2 Å². The molecule has 0 radical (unpaired) electrons. The molecule has 5 heteroatoms.